The van der Waals surface area contributed by atoms with Crippen molar-refractivity contribution in [2.24, 2.45) is 0 Å². The van der Waals surface area contributed by atoms with Gasteiger partial charge in [0.1, 0.15) is 5.75 Å². The molecule has 0 saturated heterocycles. The highest BCUT2D eigenvalue weighted by Gasteiger charge is 2.51. The first-order valence-electron chi connectivity index (χ1n) is 8.70. The van der Waals surface area contributed by atoms with Crippen molar-refractivity contribution < 1.29 is 23.8 Å². The van der Waals surface area contributed by atoms with Gasteiger partial charge in [-0.3, -0.25) is 14.5 Å². The molecular weight excluding hydrogens is 379 g/mol. The maximum absolute atomic E-state index is 13.0. The molecule has 1 heterocycles. The molecule has 1 aliphatic rings. The summed E-state index contributed by atoms with van der Waals surface area (Å²) in [6.07, 6.45) is 0. The Kier molecular flexibility index (Phi) is 4.68. The van der Waals surface area contributed by atoms with Gasteiger partial charge in [0.15, 0.2) is 5.28 Å². The maximum atomic E-state index is 13.0. The topological polar surface area (TPSA) is 104 Å². The number of rotatable bonds is 4. The number of anilines is 2. The lowest BCUT2D eigenvalue weighted by atomic mass is 9.86. The van der Waals surface area contributed by atoms with Crippen molar-refractivity contribution in [1.82, 2.24) is 0 Å². The molecule has 2 N–H and O–H groups in total. The van der Waals surface area contributed by atoms with Crippen molar-refractivity contribution in [3.8, 4) is 5.75 Å². The van der Waals surface area contributed by atoms with Crippen LogP contribution in [0.15, 0.2) is 42.5 Å². The SMILES string of the molecule is CC1(C)C(=O)N(C(C)(C)P(=O)=O)c2cc(NC(=O)c3ccc(O)cc3)ccc21. The zero-order valence-electron chi connectivity index (χ0n) is 16.0. The molecule has 2 aromatic carbocycles. The number of carbonyl (C=O) groups is 2. The van der Waals surface area contributed by atoms with E-state index in [0.717, 1.165) is 0 Å². The fraction of sp³-hybridized carbons (Fsp3) is 0.300. The van der Waals surface area contributed by atoms with Crippen LogP contribution in [0.5, 0.6) is 5.75 Å². The van der Waals surface area contributed by atoms with Crippen molar-refractivity contribution in [2.75, 3.05) is 10.2 Å². The molecule has 8 heteroatoms. The first-order valence-corrected chi connectivity index (χ1v) is 9.88. The number of hydrogen-bond donors (Lipinski definition) is 2. The Hall–Kier alpha value is -2.92. The number of nitrogens with zero attached hydrogens (tertiary/aromatic N) is 1. The quantitative estimate of drug-likeness (QED) is 0.750. The van der Waals surface area contributed by atoms with Gasteiger partial charge in [0.2, 0.25) is 5.91 Å². The van der Waals surface area contributed by atoms with Crippen LogP contribution >= 0.6 is 7.68 Å². The number of carbonyl (C=O) groups excluding carboxylic acids is 2. The van der Waals surface area contributed by atoms with Crippen molar-refractivity contribution in [3.63, 3.8) is 0 Å². The second-order valence-corrected chi connectivity index (χ2v) is 9.36. The molecule has 2 aromatic rings. The predicted molar refractivity (Wildman–Crippen MR) is 105 cm³/mol. The first kappa shape index (κ1) is 19.8. The molecule has 0 unspecified atom stereocenters. The lowest BCUT2D eigenvalue weighted by Gasteiger charge is -2.30. The fourth-order valence-corrected chi connectivity index (χ4v) is 3.63. The molecule has 1 aliphatic heterocycles. The third-order valence-electron chi connectivity index (χ3n) is 5.03. The van der Waals surface area contributed by atoms with E-state index in [4.69, 9.17) is 0 Å². The largest absolute Gasteiger partial charge is 0.508 e. The summed E-state index contributed by atoms with van der Waals surface area (Å²) in [5, 5.41) is 10.7. The minimum absolute atomic E-state index is 0.0550. The van der Waals surface area contributed by atoms with E-state index in [1.165, 1.54) is 43.0 Å². The number of hydrogen-bond acceptors (Lipinski definition) is 5. The zero-order chi connectivity index (χ0) is 20.9. The smallest absolute Gasteiger partial charge is 0.341 e. The van der Waals surface area contributed by atoms with Gasteiger partial charge in [0, 0.05) is 11.3 Å². The summed E-state index contributed by atoms with van der Waals surface area (Å²) in [5.74, 6) is -0.641. The van der Waals surface area contributed by atoms with E-state index >= 15 is 0 Å². The normalized spacial score (nSPS) is 15.3. The number of phenols is 1. The van der Waals surface area contributed by atoms with E-state index in [1.807, 2.05) is 0 Å². The molecule has 0 atom stereocenters. The monoisotopic (exact) mass is 400 g/mol. The number of amides is 2. The van der Waals surface area contributed by atoms with Gasteiger partial charge in [-0.25, -0.2) is 9.13 Å². The molecular formula is C20H21N2O5P. The van der Waals surface area contributed by atoms with Gasteiger partial charge < -0.3 is 10.4 Å². The first-order chi connectivity index (χ1) is 13.0. The minimum Gasteiger partial charge on any atom is -0.508 e. The summed E-state index contributed by atoms with van der Waals surface area (Å²) >= 11 is 0. The average molecular weight is 400 g/mol. The van der Waals surface area contributed by atoms with Gasteiger partial charge >= 0.3 is 7.68 Å². The summed E-state index contributed by atoms with van der Waals surface area (Å²) in [4.78, 5) is 26.7. The Morgan fingerprint density at radius 1 is 1.11 bits per heavy atom. The van der Waals surface area contributed by atoms with Crippen molar-refractivity contribution >= 4 is 30.9 Å². The minimum atomic E-state index is -2.92. The molecule has 2 amide bonds. The Labute approximate surface area is 163 Å². The van der Waals surface area contributed by atoms with Crippen LogP contribution in [0.25, 0.3) is 0 Å². The van der Waals surface area contributed by atoms with E-state index in [2.05, 4.69) is 5.32 Å². The fourth-order valence-electron chi connectivity index (χ4n) is 3.27. The van der Waals surface area contributed by atoms with Crippen molar-refractivity contribution in [2.45, 2.75) is 38.4 Å². The number of benzene rings is 2. The molecule has 0 aliphatic carbocycles. The molecule has 0 fully saturated rings. The maximum Gasteiger partial charge on any atom is 0.341 e. The van der Waals surface area contributed by atoms with Gasteiger partial charge in [0.05, 0.1) is 11.1 Å². The molecule has 0 spiro atoms. The number of aromatic hydroxyl groups is 1. The summed E-state index contributed by atoms with van der Waals surface area (Å²) in [6.45, 7) is 6.45. The number of phenolic OH excluding ortho intramolecular Hbond substituents is 1. The second-order valence-electron chi connectivity index (χ2n) is 7.75. The van der Waals surface area contributed by atoms with E-state index in [0.29, 0.717) is 22.5 Å². The van der Waals surface area contributed by atoms with Crippen LogP contribution in [-0.4, -0.2) is 22.2 Å². The Bertz CT molecular complexity index is 1030. The molecule has 28 heavy (non-hydrogen) atoms. The van der Waals surface area contributed by atoms with Crippen LogP contribution in [0.1, 0.15) is 43.6 Å². The van der Waals surface area contributed by atoms with Gasteiger partial charge in [-0.1, -0.05) is 6.07 Å². The van der Waals surface area contributed by atoms with Gasteiger partial charge in [-0.2, -0.15) is 0 Å². The molecule has 0 aromatic heterocycles. The van der Waals surface area contributed by atoms with Gasteiger partial charge in [0.25, 0.3) is 5.91 Å². The lowest BCUT2D eigenvalue weighted by Crippen LogP contribution is -2.46. The van der Waals surface area contributed by atoms with E-state index < -0.39 is 18.4 Å². The Balaban J connectivity index is 2.01. The van der Waals surface area contributed by atoms with Crippen LogP contribution in [0.2, 0.25) is 0 Å². The molecule has 0 bridgehead atoms. The summed E-state index contributed by atoms with van der Waals surface area (Å²) < 4.78 is 23.6. The highest BCUT2D eigenvalue weighted by Crippen LogP contribution is 2.49. The highest BCUT2D eigenvalue weighted by atomic mass is 31.1. The molecule has 0 radical (unpaired) electrons. The Morgan fingerprint density at radius 3 is 2.29 bits per heavy atom. The summed E-state index contributed by atoms with van der Waals surface area (Å²) in [7, 11) is -2.92. The zero-order valence-corrected chi connectivity index (χ0v) is 16.9. The molecule has 0 saturated carbocycles. The average Bonchev–Trinajstić information content (AvgIpc) is 2.81. The molecule has 3 rings (SSSR count). The van der Waals surface area contributed by atoms with Crippen molar-refractivity contribution in [1.29, 1.82) is 0 Å². The van der Waals surface area contributed by atoms with Crippen LogP contribution < -0.4 is 10.2 Å². The van der Waals surface area contributed by atoms with Gasteiger partial charge in [-0.15, -0.1) is 0 Å². The van der Waals surface area contributed by atoms with Crippen molar-refractivity contribution in [3.05, 3.63) is 53.6 Å². The van der Waals surface area contributed by atoms with Gasteiger partial charge in [-0.05, 0) is 69.7 Å². The van der Waals surface area contributed by atoms with E-state index in [1.54, 1.807) is 32.0 Å². The number of fused-ring (bicyclic) bond motifs is 1. The highest BCUT2D eigenvalue weighted by molar-refractivity contribution is 7.33. The summed E-state index contributed by atoms with van der Waals surface area (Å²) in [5.41, 5.74) is 1.07. The van der Waals surface area contributed by atoms with Crippen LogP contribution in [-0.2, 0) is 19.3 Å². The predicted octanol–water partition coefficient (Wildman–Crippen LogP) is 4.18. The molecule has 146 valence electrons. The number of nitrogens with one attached hydrogen (secondary N) is 1. The standard InChI is InChI=1S/C20H21N2O5P/c1-19(2)15-10-7-13(21-17(24)12-5-8-14(23)9-6-12)11-16(15)22(18(19)25)20(3,4)28(26)27/h5-11,23H,1-4H3,(H,21,24). The lowest BCUT2D eigenvalue weighted by molar-refractivity contribution is -0.122. The van der Waals surface area contributed by atoms with E-state index in [9.17, 15) is 23.8 Å². The third-order valence-corrected chi connectivity index (χ3v) is 6.12. The van der Waals surface area contributed by atoms with E-state index in [-0.39, 0.29) is 17.6 Å². The summed E-state index contributed by atoms with van der Waals surface area (Å²) in [6, 6.07) is 10.8. The van der Waals surface area contributed by atoms with Crippen LogP contribution in [0.4, 0.5) is 11.4 Å². The second kappa shape index (κ2) is 6.60. The van der Waals surface area contributed by atoms with Crippen LogP contribution in [0, 0.1) is 0 Å². The Morgan fingerprint density at radius 2 is 1.71 bits per heavy atom. The molecule has 7 nitrogen and oxygen atoms in total. The van der Waals surface area contributed by atoms with Crippen LogP contribution in [0.3, 0.4) is 0 Å². The third kappa shape index (κ3) is 3.12.